The van der Waals surface area contributed by atoms with E-state index in [0.29, 0.717) is 5.92 Å². The van der Waals surface area contributed by atoms with Gasteiger partial charge in [0.2, 0.25) is 0 Å². The van der Waals surface area contributed by atoms with Crippen LogP contribution in [0.5, 0.6) is 5.75 Å². The summed E-state index contributed by atoms with van der Waals surface area (Å²) in [6.45, 7) is 5.28. The zero-order valence-corrected chi connectivity index (χ0v) is 14.4. The van der Waals surface area contributed by atoms with Crippen LogP contribution in [0, 0.1) is 5.92 Å². The molecule has 0 aliphatic carbocycles. The summed E-state index contributed by atoms with van der Waals surface area (Å²) in [7, 11) is 1.69. The molecule has 112 valence electrons. The van der Waals surface area contributed by atoms with Gasteiger partial charge in [-0.15, -0.1) is 0 Å². The van der Waals surface area contributed by atoms with Crippen LogP contribution in [0.4, 0.5) is 5.69 Å². The van der Waals surface area contributed by atoms with Crippen LogP contribution in [-0.4, -0.2) is 7.11 Å². The SMILES string of the molecule is COc1ccc(Br)cc1NCc1ccc(CC(C)C)cc1. The van der Waals surface area contributed by atoms with E-state index in [4.69, 9.17) is 4.74 Å². The van der Waals surface area contributed by atoms with Crippen molar-refractivity contribution in [3.05, 3.63) is 58.1 Å². The van der Waals surface area contributed by atoms with Gasteiger partial charge in [-0.05, 0) is 41.7 Å². The van der Waals surface area contributed by atoms with Gasteiger partial charge in [0.25, 0.3) is 0 Å². The lowest BCUT2D eigenvalue weighted by molar-refractivity contribution is 0.416. The summed E-state index contributed by atoms with van der Waals surface area (Å²) in [5.74, 6) is 1.55. The van der Waals surface area contributed by atoms with E-state index in [1.54, 1.807) is 7.11 Å². The fraction of sp³-hybridized carbons (Fsp3) is 0.333. The van der Waals surface area contributed by atoms with Gasteiger partial charge in [0.1, 0.15) is 5.75 Å². The maximum Gasteiger partial charge on any atom is 0.142 e. The predicted molar refractivity (Wildman–Crippen MR) is 93.0 cm³/mol. The van der Waals surface area contributed by atoms with E-state index < -0.39 is 0 Å². The average molecular weight is 348 g/mol. The van der Waals surface area contributed by atoms with Gasteiger partial charge in [-0.1, -0.05) is 54.0 Å². The van der Waals surface area contributed by atoms with E-state index in [9.17, 15) is 0 Å². The van der Waals surface area contributed by atoms with Gasteiger partial charge in [0, 0.05) is 11.0 Å². The number of anilines is 1. The molecule has 0 saturated heterocycles. The number of hydrogen-bond donors (Lipinski definition) is 1. The Morgan fingerprint density at radius 3 is 2.33 bits per heavy atom. The van der Waals surface area contributed by atoms with Gasteiger partial charge >= 0.3 is 0 Å². The van der Waals surface area contributed by atoms with Crippen LogP contribution in [0.2, 0.25) is 0 Å². The summed E-state index contributed by atoms with van der Waals surface area (Å²) >= 11 is 3.49. The Morgan fingerprint density at radius 1 is 1.05 bits per heavy atom. The molecule has 0 unspecified atom stereocenters. The molecule has 0 amide bonds. The first kappa shape index (κ1) is 15.9. The van der Waals surface area contributed by atoms with Crippen molar-refractivity contribution in [2.75, 3.05) is 12.4 Å². The molecule has 0 bridgehead atoms. The molecule has 0 aromatic heterocycles. The zero-order chi connectivity index (χ0) is 15.2. The minimum Gasteiger partial charge on any atom is -0.495 e. The molecule has 2 aromatic carbocycles. The van der Waals surface area contributed by atoms with Crippen molar-refractivity contribution in [2.45, 2.75) is 26.8 Å². The third-order valence-electron chi connectivity index (χ3n) is 3.31. The van der Waals surface area contributed by atoms with Gasteiger partial charge in [-0.3, -0.25) is 0 Å². The first-order valence-corrected chi connectivity index (χ1v) is 8.03. The lowest BCUT2D eigenvalue weighted by Gasteiger charge is -2.12. The van der Waals surface area contributed by atoms with Crippen molar-refractivity contribution in [1.29, 1.82) is 0 Å². The van der Waals surface area contributed by atoms with Crippen molar-refractivity contribution in [1.82, 2.24) is 0 Å². The Hall–Kier alpha value is -1.48. The first-order valence-electron chi connectivity index (χ1n) is 7.23. The Balaban J connectivity index is 2.01. The molecule has 0 fully saturated rings. The fourth-order valence-electron chi connectivity index (χ4n) is 2.28. The topological polar surface area (TPSA) is 21.3 Å². The fourth-order valence-corrected chi connectivity index (χ4v) is 2.64. The Kier molecular flexibility index (Phi) is 5.68. The van der Waals surface area contributed by atoms with Gasteiger partial charge in [-0.25, -0.2) is 0 Å². The number of nitrogens with one attached hydrogen (secondary N) is 1. The highest BCUT2D eigenvalue weighted by Crippen LogP contribution is 2.28. The minimum atomic E-state index is 0.694. The van der Waals surface area contributed by atoms with E-state index in [1.807, 2.05) is 18.2 Å². The number of methoxy groups -OCH3 is 1. The zero-order valence-electron chi connectivity index (χ0n) is 12.8. The molecule has 21 heavy (non-hydrogen) atoms. The van der Waals surface area contributed by atoms with E-state index in [2.05, 4.69) is 59.4 Å². The number of halogens is 1. The van der Waals surface area contributed by atoms with Crippen LogP contribution in [0.1, 0.15) is 25.0 Å². The highest BCUT2D eigenvalue weighted by molar-refractivity contribution is 9.10. The second-order valence-corrected chi connectivity index (χ2v) is 6.53. The summed E-state index contributed by atoms with van der Waals surface area (Å²) in [6.07, 6.45) is 1.13. The Morgan fingerprint density at radius 2 is 1.71 bits per heavy atom. The standard InChI is InChI=1S/C18H22BrNO/c1-13(2)10-14-4-6-15(7-5-14)12-20-17-11-16(19)8-9-18(17)21-3/h4-9,11,13,20H,10,12H2,1-3H3. The second-order valence-electron chi connectivity index (χ2n) is 5.61. The molecule has 2 nitrogen and oxygen atoms in total. The first-order chi connectivity index (χ1) is 10.1. The number of hydrogen-bond acceptors (Lipinski definition) is 2. The van der Waals surface area contributed by atoms with Crippen LogP contribution in [-0.2, 0) is 13.0 Å². The summed E-state index contributed by atoms with van der Waals surface area (Å²) < 4.78 is 6.41. The van der Waals surface area contributed by atoms with Crippen molar-refractivity contribution >= 4 is 21.6 Å². The van der Waals surface area contributed by atoms with Crippen molar-refractivity contribution in [2.24, 2.45) is 5.92 Å². The highest BCUT2D eigenvalue weighted by atomic mass is 79.9. The number of ether oxygens (including phenoxy) is 1. The molecule has 0 atom stereocenters. The lowest BCUT2D eigenvalue weighted by atomic mass is 10.0. The third kappa shape index (κ3) is 4.78. The van der Waals surface area contributed by atoms with Crippen molar-refractivity contribution < 1.29 is 4.74 Å². The van der Waals surface area contributed by atoms with Gasteiger partial charge in [0.05, 0.1) is 12.8 Å². The molecular formula is C18H22BrNO. The van der Waals surface area contributed by atoms with Gasteiger partial charge < -0.3 is 10.1 Å². The average Bonchev–Trinajstić information content (AvgIpc) is 2.46. The van der Waals surface area contributed by atoms with Crippen LogP contribution >= 0.6 is 15.9 Å². The number of rotatable bonds is 6. The van der Waals surface area contributed by atoms with E-state index in [-0.39, 0.29) is 0 Å². The summed E-state index contributed by atoms with van der Waals surface area (Å²) in [5.41, 5.74) is 3.66. The molecule has 2 rings (SSSR count). The molecule has 0 aliphatic heterocycles. The maximum absolute atomic E-state index is 5.37. The van der Waals surface area contributed by atoms with E-state index in [0.717, 1.165) is 28.9 Å². The predicted octanol–water partition coefficient (Wildman–Crippen LogP) is 5.27. The van der Waals surface area contributed by atoms with Crippen molar-refractivity contribution in [3.63, 3.8) is 0 Å². The molecular weight excluding hydrogens is 326 g/mol. The smallest absolute Gasteiger partial charge is 0.142 e. The molecule has 0 aliphatic rings. The minimum absolute atomic E-state index is 0.694. The van der Waals surface area contributed by atoms with Crippen LogP contribution in [0.15, 0.2) is 46.9 Å². The van der Waals surface area contributed by atoms with Gasteiger partial charge in [-0.2, -0.15) is 0 Å². The largest absolute Gasteiger partial charge is 0.495 e. The quantitative estimate of drug-likeness (QED) is 0.768. The number of benzene rings is 2. The molecule has 0 heterocycles. The molecule has 0 spiro atoms. The van der Waals surface area contributed by atoms with Crippen LogP contribution < -0.4 is 10.1 Å². The summed E-state index contributed by atoms with van der Waals surface area (Å²) in [4.78, 5) is 0. The van der Waals surface area contributed by atoms with Crippen LogP contribution in [0.3, 0.4) is 0 Å². The molecule has 2 aromatic rings. The van der Waals surface area contributed by atoms with E-state index in [1.165, 1.54) is 11.1 Å². The highest BCUT2D eigenvalue weighted by Gasteiger charge is 2.04. The molecule has 1 N–H and O–H groups in total. The van der Waals surface area contributed by atoms with E-state index >= 15 is 0 Å². The lowest BCUT2D eigenvalue weighted by Crippen LogP contribution is -2.02. The normalized spacial score (nSPS) is 10.7. The van der Waals surface area contributed by atoms with Crippen molar-refractivity contribution in [3.8, 4) is 5.75 Å². The molecule has 3 heteroatoms. The molecule has 0 saturated carbocycles. The Labute approximate surface area is 135 Å². The second kappa shape index (κ2) is 7.51. The summed E-state index contributed by atoms with van der Waals surface area (Å²) in [6, 6.07) is 14.8. The maximum atomic E-state index is 5.37. The monoisotopic (exact) mass is 347 g/mol. The van der Waals surface area contributed by atoms with Gasteiger partial charge in [0.15, 0.2) is 0 Å². The third-order valence-corrected chi connectivity index (χ3v) is 3.80. The molecule has 0 radical (unpaired) electrons. The summed E-state index contributed by atoms with van der Waals surface area (Å²) in [5, 5.41) is 3.43. The van der Waals surface area contributed by atoms with Crippen LogP contribution in [0.25, 0.3) is 0 Å². The Bertz CT molecular complexity index is 578.